The van der Waals surface area contributed by atoms with Crippen molar-refractivity contribution in [3.8, 4) is 0 Å². The lowest BCUT2D eigenvalue weighted by Gasteiger charge is -2.18. The van der Waals surface area contributed by atoms with Crippen molar-refractivity contribution in [1.82, 2.24) is 0 Å². The van der Waals surface area contributed by atoms with Gasteiger partial charge >= 0.3 is 17.9 Å². The Labute approximate surface area is 393 Å². The van der Waals surface area contributed by atoms with Crippen LogP contribution in [-0.2, 0) is 28.6 Å². The van der Waals surface area contributed by atoms with Crippen molar-refractivity contribution in [2.24, 2.45) is 11.8 Å². The molecule has 374 valence electrons. The summed E-state index contributed by atoms with van der Waals surface area (Å²) in [5.74, 6) is 0.863. The van der Waals surface area contributed by atoms with Crippen molar-refractivity contribution in [3.05, 3.63) is 0 Å². The summed E-state index contributed by atoms with van der Waals surface area (Å²) in [4.78, 5) is 38.0. The molecule has 0 aromatic heterocycles. The molecule has 0 fully saturated rings. The third kappa shape index (κ3) is 49.7. The van der Waals surface area contributed by atoms with Crippen LogP contribution in [0.25, 0.3) is 0 Å². The maximum Gasteiger partial charge on any atom is 0.306 e. The summed E-state index contributed by atoms with van der Waals surface area (Å²) in [6, 6.07) is 0. The summed E-state index contributed by atoms with van der Waals surface area (Å²) in [6.07, 6.45) is 52.3. The first-order valence-corrected chi connectivity index (χ1v) is 28.3. The van der Waals surface area contributed by atoms with E-state index in [1.807, 2.05) is 0 Å². The summed E-state index contributed by atoms with van der Waals surface area (Å²) in [6.45, 7) is 11.4. The van der Waals surface area contributed by atoms with Gasteiger partial charge in [-0.05, 0) is 31.1 Å². The molecule has 0 heterocycles. The van der Waals surface area contributed by atoms with E-state index in [1.165, 1.54) is 205 Å². The van der Waals surface area contributed by atoms with Crippen LogP contribution in [0.4, 0.5) is 0 Å². The molecule has 0 aliphatic carbocycles. The van der Waals surface area contributed by atoms with E-state index in [0.717, 1.165) is 69.6 Å². The Bertz CT molecular complexity index is 964. The van der Waals surface area contributed by atoms with Gasteiger partial charge in [-0.2, -0.15) is 0 Å². The molecule has 0 amide bonds. The average molecular weight is 892 g/mol. The van der Waals surface area contributed by atoms with Crippen molar-refractivity contribution in [2.45, 2.75) is 323 Å². The van der Waals surface area contributed by atoms with Crippen molar-refractivity contribution >= 4 is 17.9 Å². The van der Waals surface area contributed by atoms with Gasteiger partial charge in [0, 0.05) is 19.3 Å². The molecule has 0 aliphatic heterocycles. The molecule has 0 bridgehead atoms. The Kier molecular flexibility index (Phi) is 48.6. The van der Waals surface area contributed by atoms with Gasteiger partial charge in [-0.1, -0.05) is 279 Å². The topological polar surface area (TPSA) is 78.9 Å². The van der Waals surface area contributed by atoms with Crippen LogP contribution in [0.5, 0.6) is 0 Å². The minimum Gasteiger partial charge on any atom is -0.462 e. The summed E-state index contributed by atoms with van der Waals surface area (Å²) >= 11 is 0. The molecule has 0 aromatic carbocycles. The lowest BCUT2D eigenvalue weighted by Crippen LogP contribution is -2.30. The normalized spacial score (nSPS) is 12.5. The zero-order valence-corrected chi connectivity index (χ0v) is 43.2. The molecular formula is C57H110O6. The molecule has 0 N–H and O–H groups in total. The number of esters is 3. The van der Waals surface area contributed by atoms with Crippen LogP contribution in [0.15, 0.2) is 0 Å². The third-order valence-corrected chi connectivity index (χ3v) is 13.3. The van der Waals surface area contributed by atoms with Gasteiger partial charge in [-0.25, -0.2) is 0 Å². The molecule has 2 atom stereocenters. The van der Waals surface area contributed by atoms with Crippen LogP contribution in [0.1, 0.15) is 317 Å². The van der Waals surface area contributed by atoms with Gasteiger partial charge in [-0.15, -0.1) is 0 Å². The van der Waals surface area contributed by atoms with E-state index in [4.69, 9.17) is 14.2 Å². The highest BCUT2D eigenvalue weighted by molar-refractivity contribution is 5.71. The summed E-state index contributed by atoms with van der Waals surface area (Å²) in [5, 5.41) is 0. The molecule has 0 aromatic rings. The second-order valence-electron chi connectivity index (χ2n) is 20.3. The Hall–Kier alpha value is -1.59. The SMILES string of the molecule is CCCCCCCCCCCCCCC(=O)O[C@@H](COC(=O)CCCCCCCCCCCCCCCCCCCCC(C)C)COC(=O)CCCCCCCCCCC(C)CC. The molecule has 0 rings (SSSR count). The maximum atomic E-state index is 12.8. The zero-order chi connectivity index (χ0) is 46.1. The molecule has 0 saturated heterocycles. The smallest absolute Gasteiger partial charge is 0.306 e. The lowest BCUT2D eigenvalue weighted by atomic mass is 9.99. The van der Waals surface area contributed by atoms with Crippen LogP contribution < -0.4 is 0 Å². The summed E-state index contributed by atoms with van der Waals surface area (Å²) < 4.78 is 16.8. The highest BCUT2D eigenvalue weighted by Gasteiger charge is 2.19. The average Bonchev–Trinajstić information content (AvgIpc) is 3.27. The highest BCUT2D eigenvalue weighted by Crippen LogP contribution is 2.18. The van der Waals surface area contributed by atoms with Crippen LogP contribution >= 0.6 is 0 Å². The minimum absolute atomic E-state index is 0.0632. The van der Waals surface area contributed by atoms with E-state index >= 15 is 0 Å². The van der Waals surface area contributed by atoms with Gasteiger partial charge in [0.05, 0.1) is 0 Å². The van der Waals surface area contributed by atoms with Crippen LogP contribution in [0, 0.1) is 11.8 Å². The van der Waals surface area contributed by atoms with Gasteiger partial charge in [0.2, 0.25) is 0 Å². The van der Waals surface area contributed by atoms with E-state index in [9.17, 15) is 14.4 Å². The molecule has 6 heteroatoms. The molecule has 0 radical (unpaired) electrons. The third-order valence-electron chi connectivity index (χ3n) is 13.3. The second kappa shape index (κ2) is 49.8. The van der Waals surface area contributed by atoms with E-state index in [-0.39, 0.29) is 31.1 Å². The first kappa shape index (κ1) is 61.4. The van der Waals surface area contributed by atoms with Gasteiger partial charge < -0.3 is 14.2 Å². The number of hydrogen-bond acceptors (Lipinski definition) is 6. The van der Waals surface area contributed by atoms with Crippen LogP contribution in [0.3, 0.4) is 0 Å². The Balaban J connectivity index is 4.22. The Morgan fingerprint density at radius 3 is 0.905 bits per heavy atom. The van der Waals surface area contributed by atoms with E-state index in [2.05, 4.69) is 34.6 Å². The quantitative estimate of drug-likeness (QED) is 0.0344. The highest BCUT2D eigenvalue weighted by atomic mass is 16.6. The first-order chi connectivity index (χ1) is 30.8. The molecule has 63 heavy (non-hydrogen) atoms. The Morgan fingerprint density at radius 2 is 0.603 bits per heavy atom. The van der Waals surface area contributed by atoms with Crippen LogP contribution in [0.2, 0.25) is 0 Å². The minimum atomic E-state index is -0.762. The predicted molar refractivity (Wildman–Crippen MR) is 270 cm³/mol. The second-order valence-corrected chi connectivity index (χ2v) is 20.3. The monoisotopic (exact) mass is 891 g/mol. The maximum absolute atomic E-state index is 12.8. The molecular weight excluding hydrogens is 781 g/mol. The molecule has 1 unspecified atom stereocenters. The van der Waals surface area contributed by atoms with Crippen molar-refractivity contribution < 1.29 is 28.6 Å². The predicted octanol–water partition coefficient (Wildman–Crippen LogP) is 18.5. The summed E-state index contributed by atoms with van der Waals surface area (Å²) in [5.41, 5.74) is 0. The number of hydrogen-bond donors (Lipinski definition) is 0. The van der Waals surface area contributed by atoms with E-state index in [1.54, 1.807) is 0 Å². The van der Waals surface area contributed by atoms with Gasteiger partial charge in [0.15, 0.2) is 6.10 Å². The number of rotatable bonds is 51. The van der Waals surface area contributed by atoms with E-state index in [0.29, 0.717) is 19.3 Å². The standard InChI is InChI=1S/C57H110O6/c1-6-8-9-10-11-12-13-23-27-34-39-44-49-57(60)63-54(51-62-56(59)48-43-38-33-29-28-31-36-41-46-53(5)7-2)50-61-55(58)47-42-37-32-26-24-21-19-17-15-14-16-18-20-22-25-30-35-40-45-52(3)4/h52-54H,6-51H2,1-5H3/t53?,54-/m0/s1. The number of unbranched alkanes of at least 4 members (excludes halogenated alkanes) is 35. The fraction of sp³-hybridized carbons (Fsp3) is 0.947. The van der Waals surface area contributed by atoms with Gasteiger partial charge in [0.25, 0.3) is 0 Å². The molecule has 0 spiro atoms. The summed E-state index contributed by atoms with van der Waals surface area (Å²) in [7, 11) is 0. The van der Waals surface area contributed by atoms with Crippen molar-refractivity contribution in [3.63, 3.8) is 0 Å². The fourth-order valence-corrected chi connectivity index (χ4v) is 8.66. The van der Waals surface area contributed by atoms with Crippen molar-refractivity contribution in [2.75, 3.05) is 13.2 Å². The first-order valence-electron chi connectivity index (χ1n) is 28.3. The van der Waals surface area contributed by atoms with Crippen LogP contribution in [-0.4, -0.2) is 37.2 Å². The number of carbonyl (C=O) groups is 3. The largest absolute Gasteiger partial charge is 0.462 e. The van der Waals surface area contributed by atoms with E-state index < -0.39 is 6.10 Å². The molecule has 0 saturated carbocycles. The molecule has 6 nitrogen and oxygen atoms in total. The number of ether oxygens (including phenoxy) is 3. The Morgan fingerprint density at radius 1 is 0.333 bits per heavy atom. The number of carbonyl (C=O) groups excluding carboxylic acids is 3. The lowest BCUT2D eigenvalue weighted by molar-refractivity contribution is -0.167. The zero-order valence-electron chi connectivity index (χ0n) is 43.2. The fourth-order valence-electron chi connectivity index (χ4n) is 8.66. The van der Waals surface area contributed by atoms with Gasteiger partial charge in [0.1, 0.15) is 13.2 Å². The molecule has 0 aliphatic rings. The van der Waals surface area contributed by atoms with Gasteiger partial charge in [-0.3, -0.25) is 14.4 Å². The van der Waals surface area contributed by atoms with Crippen molar-refractivity contribution in [1.29, 1.82) is 0 Å².